The van der Waals surface area contributed by atoms with Crippen LogP contribution in [0.5, 0.6) is 0 Å². The Balaban J connectivity index is 0.00000208. The number of halogens is 1. The second kappa shape index (κ2) is 8.32. The number of rotatable bonds is 3. The Labute approximate surface area is 151 Å². The predicted octanol–water partition coefficient (Wildman–Crippen LogP) is 1.78. The summed E-state index contributed by atoms with van der Waals surface area (Å²) in [7, 11) is 4.08. The SMILES string of the molecule is CC1CC(N(C)C(=O)c2ccn(C3CCCNC3)n2)CCN1C.Cl. The molecule has 0 spiro atoms. The highest BCUT2D eigenvalue weighted by molar-refractivity contribution is 5.92. The maximum Gasteiger partial charge on any atom is 0.274 e. The monoisotopic (exact) mass is 355 g/mol. The molecule has 2 fully saturated rings. The maximum absolute atomic E-state index is 12.7. The van der Waals surface area contributed by atoms with E-state index in [0.29, 0.717) is 23.8 Å². The molecule has 1 N–H and O–H groups in total. The van der Waals surface area contributed by atoms with Crippen LogP contribution in [0, 0.1) is 0 Å². The van der Waals surface area contributed by atoms with Gasteiger partial charge in [0, 0.05) is 38.4 Å². The summed E-state index contributed by atoms with van der Waals surface area (Å²) >= 11 is 0. The predicted molar refractivity (Wildman–Crippen MR) is 97.8 cm³/mol. The zero-order valence-corrected chi connectivity index (χ0v) is 15.8. The molecule has 0 aliphatic carbocycles. The Kier molecular flexibility index (Phi) is 6.66. The number of nitrogens with one attached hydrogen (secondary N) is 1. The lowest BCUT2D eigenvalue weighted by Gasteiger charge is -2.39. The topological polar surface area (TPSA) is 53.4 Å². The molecule has 2 aliphatic rings. The third-order valence-electron chi connectivity index (χ3n) is 5.52. The van der Waals surface area contributed by atoms with Gasteiger partial charge in [-0.05, 0) is 52.3 Å². The Morgan fingerprint density at radius 1 is 1.42 bits per heavy atom. The van der Waals surface area contributed by atoms with E-state index in [2.05, 4.69) is 29.3 Å². The van der Waals surface area contributed by atoms with Crippen molar-refractivity contribution in [1.82, 2.24) is 24.9 Å². The molecule has 3 unspecified atom stereocenters. The molecule has 1 amide bonds. The van der Waals surface area contributed by atoms with Crippen molar-refractivity contribution in [3.8, 4) is 0 Å². The van der Waals surface area contributed by atoms with Gasteiger partial charge in [0.2, 0.25) is 0 Å². The average molecular weight is 356 g/mol. The fraction of sp³-hybridized carbons (Fsp3) is 0.765. The highest BCUT2D eigenvalue weighted by Crippen LogP contribution is 2.21. The van der Waals surface area contributed by atoms with Gasteiger partial charge in [-0.3, -0.25) is 9.48 Å². The number of aromatic nitrogens is 2. The van der Waals surface area contributed by atoms with Crippen LogP contribution < -0.4 is 5.32 Å². The summed E-state index contributed by atoms with van der Waals surface area (Å²) in [6, 6.07) is 3.08. The van der Waals surface area contributed by atoms with Crippen LogP contribution >= 0.6 is 12.4 Å². The van der Waals surface area contributed by atoms with E-state index in [0.717, 1.165) is 38.9 Å². The first-order valence-electron chi connectivity index (χ1n) is 8.79. The van der Waals surface area contributed by atoms with E-state index in [1.54, 1.807) is 0 Å². The lowest BCUT2D eigenvalue weighted by atomic mass is 9.97. The Bertz CT molecular complexity index is 543. The van der Waals surface area contributed by atoms with Crippen molar-refractivity contribution in [3.63, 3.8) is 0 Å². The lowest BCUT2D eigenvalue weighted by Crippen LogP contribution is -2.48. The molecule has 0 bridgehead atoms. The second-order valence-corrected chi connectivity index (χ2v) is 7.11. The number of likely N-dealkylation sites (tertiary alicyclic amines) is 1. The number of piperidine rings is 2. The molecule has 3 heterocycles. The molecule has 2 saturated heterocycles. The van der Waals surface area contributed by atoms with Crippen LogP contribution in [-0.2, 0) is 0 Å². The molecule has 1 aromatic heterocycles. The average Bonchev–Trinajstić information content (AvgIpc) is 3.07. The maximum atomic E-state index is 12.7. The molecule has 0 aromatic carbocycles. The first-order valence-corrected chi connectivity index (χ1v) is 8.79. The third-order valence-corrected chi connectivity index (χ3v) is 5.52. The van der Waals surface area contributed by atoms with Crippen LogP contribution in [0.4, 0.5) is 0 Å². The van der Waals surface area contributed by atoms with Gasteiger partial charge in [-0.1, -0.05) is 0 Å². The van der Waals surface area contributed by atoms with Gasteiger partial charge < -0.3 is 15.1 Å². The molecule has 3 rings (SSSR count). The molecular weight excluding hydrogens is 326 g/mol. The molecule has 0 radical (unpaired) electrons. The summed E-state index contributed by atoms with van der Waals surface area (Å²) in [5.41, 5.74) is 0.574. The number of nitrogens with zero attached hydrogens (tertiary/aromatic N) is 4. The standard InChI is InChI=1S/C17H29N5O.ClH/c1-13-11-14(6-9-20(13)2)21(3)17(23)16-7-10-22(19-16)15-5-4-8-18-12-15;/h7,10,13-15,18H,4-6,8-9,11-12H2,1-3H3;1H. The number of carbonyl (C=O) groups is 1. The minimum absolute atomic E-state index is 0. The number of amides is 1. The summed E-state index contributed by atoms with van der Waals surface area (Å²) < 4.78 is 1.96. The van der Waals surface area contributed by atoms with Gasteiger partial charge >= 0.3 is 0 Å². The van der Waals surface area contributed by atoms with E-state index < -0.39 is 0 Å². The molecule has 6 nitrogen and oxygen atoms in total. The molecule has 24 heavy (non-hydrogen) atoms. The summed E-state index contributed by atoms with van der Waals surface area (Å²) in [6.07, 6.45) is 6.32. The number of hydrogen-bond donors (Lipinski definition) is 1. The zero-order valence-electron chi connectivity index (χ0n) is 14.9. The first kappa shape index (κ1) is 19.2. The molecule has 3 atom stereocenters. The summed E-state index contributed by atoms with van der Waals surface area (Å²) in [6.45, 7) is 5.30. The third kappa shape index (κ3) is 4.10. The van der Waals surface area contributed by atoms with Gasteiger partial charge in [-0.15, -0.1) is 12.4 Å². The van der Waals surface area contributed by atoms with Gasteiger partial charge in [-0.25, -0.2) is 0 Å². The first-order chi connectivity index (χ1) is 11.1. The van der Waals surface area contributed by atoms with Crippen LogP contribution in [0.1, 0.15) is 49.1 Å². The highest BCUT2D eigenvalue weighted by Gasteiger charge is 2.29. The van der Waals surface area contributed by atoms with Crippen molar-refractivity contribution >= 4 is 18.3 Å². The van der Waals surface area contributed by atoms with Crippen LogP contribution in [0.2, 0.25) is 0 Å². The molecule has 2 aliphatic heterocycles. The van der Waals surface area contributed by atoms with Crippen molar-refractivity contribution in [3.05, 3.63) is 18.0 Å². The van der Waals surface area contributed by atoms with Gasteiger partial charge in [0.15, 0.2) is 0 Å². The van der Waals surface area contributed by atoms with E-state index in [1.807, 2.05) is 28.9 Å². The van der Waals surface area contributed by atoms with Gasteiger partial charge in [0.25, 0.3) is 5.91 Å². The van der Waals surface area contributed by atoms with E-state index in [9.17, 15) is 4.79 Å². The van der Waals surface area contributed by atoms with E-state index in [4.69, 9.17) is 0 Å². The molecule has 0 saturated carbocycles. The van der Waals surface area contributed by atoms with Crippen LogP contribution in [0.3, 0.4) is 0 Å². The van der Waals surface area contributed by atoms with E-state index in [-0.39, 0.29) is 18.3 Å². The number of hydrogen-bond acceptors (Lipinski definition) is 4. The van der Waals surface area contributed by atoms with Crippen molar-refractivity contribution in [2.24, 2.45) is 0 Å². The minimum Gasteiger partial charge on any atom is -0.337 e. The van der Waals surface area contributed by atoms with Crippen molar-refractivity contribution in [2.45, 2.75) is 50.7 Å². The van der Waals surface area contributed by atoms with E-state index >= 15 is 0 Å². The minimum atomic E-state index is 0. The highest BCUT2D eigenvalue weighted by atomic mass is 35.5. The molecule has 1 aromatic rings. The summed E-state index contributed by atoms with van der Waals surface area (Å²) in [5.74, 6) is 0.0503. The Morgan fingerprint density at radius 2 is 2.21 bits per heavy atom. The lowest BCUT2D eigenvalue weighted by molar-refractivity contribution is 0.0592. The molecular formula is C17H30ClN5O. The van der Waals surface area contributed by atoms with Crippen molar-refractivity contribution in [2.75, 3.05) is 33.7 Å². The van der Waals surface area contributed by atoms with Crippen LogP contribution in [-0.4, -0.2) is 71.3 Å². The van der Waals surface area contributed by atoms with Crippen molar-refractivity contribution in [1.29, 1.82) is 0 Å². The van der Waals surface area contributed by atoms with Crippen LogP contribution in [0.25, 0.3) is 0 Å². The molecule has 136 valence electrons. The summed E-state index contributed by atoms with van der Waals surface area (Å²) in [5, 5.41) is 7.95. The summed E-state index contributed by atoms with van der Waals surface area (Å²) in [4.78, 5) is 17.0. The quantitative estimate of drug-likeness (QED) is 0.898. The fourth-order valence-electron chi connectivity index (χ4n) is 3.68. The molecule has 7 heteroatoms. The van der Waals surface area contributed by atoms with E-state index in [1.165, 1.54) is 6.42 Å². The zero-order chi connectivity index (χ0) is 16.4. The Hall–Kier alpha value is -1.11. The van der Waals surface area contributed by atoms with Gasteiger partial charge in [0.05, 0.1) is 6.04 Å². The normalized spacial score (nSPS) is 28.2. The van der Waals surface area contributed by atoms with Gasteiger partial charge in [0.1, 0.15) is 5.69 Å². The van der Waals surface area contributed by atoms with Crippen LogP contribution in [0.15, 0.2) is 12.3 Å². The second-order valence-electron chi connectivity index (χ2n) is 7.11. The number of carbonyl (C=O) groups excluding carboxylic acids is 1. The van der Waals surface area contributed by atoms with Crippen molar-refractivity contribution < 1.29 is 4.79 Å². The fourth-order valence-corrected chi connectivity index (χ4v) is 3.68. The van der Waals surface area contributed by atoms with Gasteiger partial charge in [-0.2, -0.15) is 5.10 Å². The smallest absolute Gasteiger partial charge is 0.274 e. The largest absolute Gasteiger partial charge is 0.337 e. The Morgan fingerprint density at radius 3 is 2.88 bits per heavy atom.